The molecular formula is C7H7ClN. The monoisotopic (exact) mass is 140 g/mol. The zero-order valence-electron chi connectivity index (χ0n) is 5.13. The van der Waals surface area contributed by atoms with E-state index in [-0.39, 0.29) is 0 Å². The van der Waals surface area contributed by atoms with Gasteiger partial charge < -0.3 is 0 Å². The van der Waals surface area contributed by atoms with Crippen LogP contribution in [0.25, 0.3) is 0 Å². The van der Waals surface area contributed by atoms with Crippen LogP contribution >= 0.6 is 11.6 Å². The molecule has 1 heterocycles. The van der Waals surface area contributed by atoms with E-state index in [0.717, 1.165) is 5.69 Å². The molecule has 1 rings (SSSR count). The van der Waals surface area contributed by atoms with Crippen LogP contribution in [-0.4, -0.2) is 4.98 Å². The number of nitrogens with zero attached hydrogens (tertiary/aromatic N) is 1. The van der Waals surface area contributed by atoms with E-state index < -0.39 is 0 Å². The average Bonchev–Trinajstić information content (AvgIpc) is 1.89. The van der Waals surface area contributed by atoms with Gasteiger partial charge in [-0.15, -0.1) is 0 Å². The second-order valence-electron chi connectivity index (χ2n) is 1.66. The summed E-state index contributed by atoms with van der Waals surface area (Å²) in [6.07, 6.45) is 3.60. The molecule has 0 atom stereocenters. The molecule has 0 fully saturated rings. The summed E-state index contributed by atoms with van der Waals surface area (Å²) in [6.45, 7) is 1.91. The predicted octanol–water partition coefficient (Wildman–Crippen LogP) is 2.31. The minimum Gasteiger partial charge on any atom is -0.259 e. The fourth-order valence-corrected chi connectivity index (χ4v) is 0.841. The summed E-state index contributed by atoms with van der Waals surface area (Å²) < 4.78 is 0. The Kier molecular flexibility index (Phi) is 2.06. The van der Waals surface area contributed by atoms with Gasteiger partial charge in [-0.05, 0) is 12.1 Å². The second kappa shape index (κ2) is 2.83. The molecule has 1 radical (unpaired) electrons. The molecule has 0 unspecified atom stereocenters. The Morgan fingerprint density at radius 1 is 1.67 bits per heavy atom. The van der Waals surface area contributed by atoms with Crippen LogP contribution in [0.3, 0.4) is 0 Å². The highest BCUT2D eigenvalue weighted by Crippen LogP contribution is 2.12. The number of halogens is 1. The number of aromatic nitrogens is 1. The number of rotatable bonds is 1. The average molecular weight is 141 g/mol. The third-order valence-electron chi connectivity index (χ3n) is 1.06. The first-order valence-electron chi connectivity index (χ1n) is 2.74. The van der Waals surface area contributed by atoms with Crippen molar-refractivity contribution < 1.29 is 0 Å². The molecule has 9 heavy (non-hydrogen) atoms. The number of hydrogen-bond acceptors (Lipinski definition) is 1. The lowest BCUT2D eigenvalue weighted by Gasteiger charge is -1.94. The Hall–Kier alpha value is -0.560. The maximum atomic E-state index is 5.73. The summed E-state index contributed by atoms with van der Waals surface area (Å²) in [5.74, 6) is 0. The molecule has 0 aliphatic carbocycles. The van der Waals surface area contributed by atoms with Crippen LogP contribution in [0.4, 0.5) is 0 Å². The quantitative estimate of drug-likeness (QED) is 0.584. The Morgan fingerprint density at radius 3 is 2.89 bits per heavy atom. The lowest BCUT2D eigenvalue weighted by molar-refractivity contribution is 1.20. The minimum atomic E-state index is 0.708. The second-order valence-corrected chi connectivity index (χ2v) is 2.07. The molecule has 0 saturated heterocycles. The number of hydrogen-bond donors (Lipinski definition) is 0. The fourth-order valence-electron chi connectivity index (χ4n) is 0.610. The Morgan fingerprint density at radius 2 is 2.44 bits per heavy atom. The van der Waals surface area contributed by atoms with Crippen molar-refractivity contribution in [3.8, 4) is 0 Å². The van der Waals surface area contributed by atoms with Gasteiger partial charge in [0.25, 0.3) is 0 Å². The lowest BCUT2D eigenvalue weighted by Crippen LogP contribution is -1.82. The van der Waals surface area contributed by atoms with E-state index in [1.807, 2.05) is 25.5 Å². The van der Waals surface area contributed by atoms with Crippen molar-refractivity contribution in [2.24, 2.45) is 0 Å². The van der Waals surface area contributed by atoms with Crippen molar-refractivity contribution >= 4 is 11.6 Å². The van der Waals surface area contributed by atoms with Crippen LogP contribution < -0.4 is 0 Å². The zero-order chi connectivity index (χ0) is 6.69. The maximum Gasteiger partial charge on any atom is 0.0624 e. The summed E-state index contributed by atoms with van der Waals surface area (Å²) >= 11 is 5.73. The van der Waals surface area contributed by atoms with Crippen LogP contribution in [0.1, 0.15) is 12.6 Å². The number of pyridine rings is 1. The first-order valence-corrected chi connectivity index (χ1v) is 3.12. The van der Waals surface area contributed by atoms with E-state index >= 15 is 0 Å². The molecule has 0 bridgehead atoms. The first kappa shape index (κ1) is 6.56. The Bertz CT molecular complexity index is 198. The summed E-state index contributed by atoms with van der Waals surface area (Å²) in [7, 11) is 0. The topological polar surface area (TPSA) is 12.9 Å². The van der Waals surface area contributed by atoms with E-state index in [9.17, 15) is 0 Å². The largest absolute Gasteiger partial charge is 0.259 e. The molecule has 0 aromatic carbocycles. The van der Waals surface area contributed by atoms with Gasteiger partial charge in [0, 0.05) is 12.6 Å². The Labute approximate surface area is 59.7 Å². The van der Waals surface area contributed by atoms with Crippen molar-refractivity contribution in [2.45, 2.75) is 6.92 Å². The Balaban J connectivity index is 3.01. The van der Waals surface area contributed by atoms with Crippen molar-refractivity contribution in [1.29, 1.82) is 0 Å². The predicted molar refractivity (Wildman–Crippen MR) is 38.3 cm³/mol. The molecule has 47 valence electrons. The van der Waals surface area contributed by atoms with Crippen LogP contribution in [0.2, 0.25) is 5.02 Å². The van der Waals surface area contributed by atoms with E-state index in [0.29, 0.717) is 5.02 Å². The van der Waals surface area contributed by atoms with Crippen LogP contribution in [0.5, 0.6) is 0 Å². The van der Waals surface area contributed by atoms with Crippen molar-refractivity contribution in [3.63, 3.8) is 0 Å². The summed E-state index contributed by atoms with van der Waals surface area (Å²) in [5, 5.41) is 0.708. The van der Waals surface area contributed by atoms with Crippen LogP contribution in [-0.2, 0) is 0 Å². The van der Waals surface area contributed by atoms with Gasteiger partial charge in [-0.2, -0.15) is 0 Å². The summed E-state index contributed by atoms with van der Waals surface area (Å²) in [5.41, 5.74) is 0.846. The van der Waals surface area contributed by atoms with Crippen LogP contribution in [0.15, 0.2) is 18.3 Å². The van der Waals surface area contributed by atoms with Gasteiger partial charge in [0.15, 0.2) is 0 Å². The van der Waals surface area contributed by atoms with E-state index in [1.165, 1.54) is 0 Å². The SMILES string of the molecule is C[CH]c1ncccc1Cl. The fraction of sp³-hybridized carbons (Fsp3) is 0.143. The van der Waals surface area contributed by atoms with Gasteiger partial charge in [0.05, 0.1) is 10.7 Å². The van der Waals surface area contributed by atoms with Gasteiger partial charge in [-0.3, -0.25) is 4.98 Å². The van der Waals surface area contributed by atoms with Crippen molar-refractivity contribution in [1.82, 2.24) is 4.98 Å². The normalized spacial score (nSPS) is 9.56. The molecular weight excluding hydrogens is 134 g/mol. The molecule has 0 amide bonds. The van der Waals surface area contributed by atoms with E-state index in [1.54, 1.807) is 6.20 Å². The summed E-state index contributed by atoms with van der Waals surface area (Å²) in [4.78, 5) is 4.01. The molecule has 0 saturated carbocycles. The van der Waals surface area contributed by atoms with Gasteiger partial charge >= 0.3 is 0 Å². The highest BCUT2D eigenvalue weighted by molar-refractivity contribution is 6.31. The molecule has 0 aliphatic rings. The van der Waals surface area contributed by atoms with Gasteiger partial charge in [-0.1, -0.05) is 18.5 Å². The van der Waals surface area contributed by atoms with E-state index in [4.69, 9.17) is 11.6 Å². The van der Waals surface area contributed by atoms with Gasteiger partial charge in [-0.25, -0.2) is 0 Å². The van der Waals surface area contributed by atoms with Crippen LogP contribution in [0, 0.1) is 6.42 Å². The smallest absolute Gasteiger partial charge is 0.0624 e. The van der Waals surface area contributed by atoms with Crippen molar-refractivity contribution in [2.75, 3.05) is 0 Å². The molecule has 1 aromatic rings. The third-order valence-corrected chi connectivity index (χ3v) is 1.38. The first-order chi connectivity index (χ1) is 4.34. The molecule has 1 aromatic heterocycles. The third kappa shape index (κ3) is 1.42. The van der Waals surface area contributed by atoms with Crippen molar-refractivity contribution in [3.05, 3.63) is 35.5 Å². The zero-order valence-corrected chi connectivity index (χ0v) is 5.89. The standard InChI is InChI=1S/C7H7ClN/c1-2-7-6(8)4-3-5-9-7/h2-5H,1H3. The van der Waals surface area contributed by atoms with E-state index in [2.05, 4.69) is 4.98 Å². The maximum absolute atomic E-state index is 5.73. The molecule has 1 nitrogen and oxygen atoms in total. The minimum absolute atomic E-state index is 0.708. The summed E-state index contributed by atoms with van der Waals surface area (Å²) in [6, 6.07) is 3.64. The molecule has 0 aliphatic heterocycles. The molecule has 0 N–H and O–H groups in total. The lowest BCUT2D eigenvalue weighted by atomic mass is 10.3. The van der Waals surface area contributed by atoms with Gasteiger partial charge in [0.1, 0.15) is 0 Å². The van der Waals surface area contributed by atoms with Gasteiger partial charge in [0.2, 0.25) is 0 Å². The molecule has 0 spiro atoms. The highest BCUT2D eigenvalue weighted by atomic mass is 35.5. The molecule has 2 heteroatoms. The highest BCUT2D eigenvalue weighted by Gasteiger charge is 1.94.